The van der Waals surface area contributed by atoms with Gasteiger partial charge in [0.2, 0.25) is 0 Å². The molecular formula is C24H39OP. The number of hydrogen-bond acceptors (Lipinski definition) is 1. The molecule has 1 atom stereocenters. The summed E-state index contributed by atoms with van der Waals surface area (Å²) in [5, 5.41) is 3.08. The fourth-order valence-corrected chi connectivity index (χ4v) is 3.94. The number of aryl methyl sites for hydroxylation is 1. The van der Waals surface area contributed by atoms with Gasteiger partial charge in [0.1, 0.15) is 0 Å². The van der Waals surface area contributed by atoms with Gasteiger partial charge in [0, 0.05) is 21.4 Å². The summed E-state index contributed by atoms with van der Waals surface area (Å²) in [6.07, 6.45) is 5.65. The zero-order valence-corrected chi connectivity index (χ0v) is 19.6. The van der Waals surface area contributed by atoms with E-state index in [1.54, 1.807) is 0 Å². The Kier molecular flexibility index (Phi) is 14.9. The molecule has 2 heteroatoms. The Morgan fingerprint density at radius 3 is 2.00 bits per heavy atom. The van der Waals surface area contributed by atoms with E-state index >= 15 is 0 Å². The highest BCUT2D eigenvalue weighted by Gasteiger charge is 2.11. The molecule has 0 amide bonds. The highest BCUT2D eigenvalue weighted by molar-refractivity contribution is 7.38. The first-order valence-electron chi connectivity index (χ1n) is 9.95. The van der Waals surface area contributed by atoms with Crippen molar-refractivity contribution < 1.29 is 0 Å². The maximum absolute atomic E-state index is 12.7. The average molecular weight is 375 g/mol. The highest BCUT2D eigenvalue weighted by atomic mass is 31.0. The molecule has 1 aromatic carbocycles. The lowest BCUT2D eigenvalue weighted by Gasteiger charge is -2.12. The average Bonchev–Trinajstić information content (AvgIpc) is 2.68. The minimum Gasteiger partial charge on any atom is -0.289 e. The number of rotatable bonds is 3. The molecule has 0 aliphatic heterocycles. The van der Waals surface area contributed by atoms with Crippen LogP contribution in [-0.2, 0) is 0 Å². The van der Waals surface area contributed by atoms with Crippen LogP contribution < -0.4 is 5.43 Å². The van der Waals surface area contributed by atoms with Gasteiger partial charge in [-0.25, -0.2) is 0 Å². The van der Waals surface area contributed by atoms with Crippen molar-refractivity contribution in [3.05, 3.63) is 57.0 Å². The van der Waals surface area contributed by atoms with Crippen molar-refractivity contribution in [3.63, 3.8) is 0 Å². The van der Waals surface area contributed by atoms with Crippen molar-refractivity contribution in [2.24, 2.45) is 0 Å². The molecule has 0 aliphatic rings. The smallest absolute Gasteiger partial charge is 0.194 e. The third kappa shape index (κ3) is 6.61. The summed E-state index contributed by atoms with van der Waals surface area (Å²) in [4.78, 5) is 12.7. The van der Waals surface area contributed by atoms with E-state index in [2.05, 4.69) is 39.5 Å². The third-order valence-corrected chi connectivity index (χ3v) is 5.04. The molecule has 1 heterocycles. The topological polar surface area (TPSA) is 17.1 Å². The molecule has 26 heavy (non-hydrogen) atoms. The lowest BCUT2D eigenvalue weighted by Crippen LogP contribution is -2.07. The van der Waals surface area contributed by atoms with Crippen molar-refractivity contribution >= 4 is 30.8 Å². The molecule has 0 saturated heterocycles. The number of hydrogen-bond donors (Lipinski definition) is 0. The van der Waals surface area contributed by atoms with E-state index in [0.717, 1.165) is 21.4 Å². The van der Waals surface area contributed by atoms with Gasteiger partial charge in [-0.05, 0) is 43.0 Å². The van der Waals surface area contributed by atoms with Crippen molar-refractivity contribution in [1.29, 1.82) is 0 Å². The Morgan fingerprint density at radius 2 is 1.58 bits per heavy atom. The van der Waals surface area contributed by atoms with Crippen molar-refractivity contribution in [2.45, 2.75) is 75.2 Å². The van der Waals surface area contributed by atoms with Crippen LogP contribution >= 0.6 is 8.19 Å². The van der Waals surface area contributed by atoms with Crippen LogP contribution in [0.25, 0.3) is 22.7 Å². The van der Waals surface area contributed by atoms with Crippen molar-refractivity contribution in [2.75, 3.05) is 0 Å². The molecule has 0 radical (unpaired) electrons. The Labute approximate surface area is 163 Å². The predicted octanol–water partition coefficient (Wildman–Crippen LogP) is 8.42. The third-order valence-electron chi connectivity index (χ3n) is 3.61. The van der Waals surface area contributed by atoms with Crippen LogP contribution in [0.5, 0.6) is 0 Å². The van der Waals surface area contributed by atoms with Gasteiger partial charge in [-0.2, -0.15) is 0 Å². The van der Waals surface area contributed by atoms with E-state index in [1.807, 2.05) is 66.7 Å². The molecule has 0 N–H and O–H groups in total. The van der Waals surface area contributed by atoms with Crippen LogP contribution in [0.3, 0.4) is 0 Å². The minimum atomic E-state index is 0.133. The standard InChI is InChI=1S/C18H21OP.3C2H6/c1-6-8-13-16(7-2)20-17-9-12(5)14(11(3)4)10-15(17)18(13)19;3*1-2/h6-11,20H,2H2,1,3-5H3;3*1-2H3/b8-6-;;;. The zero-order valence-electron chi connectivity index (χ0n) is 18.6. The van der Waals surface area contributed by atoms with Crippen LogP contribution in [-0.4, -0.2) is 0 Å². The number of benzene rings is 1. The van der Waals surface area contributed by atoms with E-state index in [9.17, 15) is 4.79 Å². The molecule has 0 spiro atoms. The fraction of sp³-hybridized carbons (Fsp3) is 0.458. The Bertz CT molecular complexity index is 749. The van der Waals surface area contributed by atoms with Crippen molar-refractivity contribution in [3.8, 4) is 0 Å². The quantitative estimate of drug-likeness (QED) is 0.527. The minimum absolute atomic E-state index is 0.133. The van der Waals surface area contributed by atoms with E-state index < -0.39 is 0 Å². The summed E-state index contributed by atoms with van der Waals surface area (Å²) in [7, 11) is 0.516. The zero-order chi connectivity index (χ0) is 20.9. The Hall–Kier alpha value is -1.59. The van der Waals surface area contributed by atoms with Crippen LogP contribution in [0.1, 0.15) is 90.2 Å². The molecule has 0 saturated carbocycles. The molecule has 146 valence electrons. The molecule has 1 aromatic heterocycles. The molecule has 1 unspecified atom stereocenters. The second kappa shape index (κ2) is 14.6. The van der Waals surface area contributed by atoms with Gasteiger partial charge in [-0.15, -0.1) is 8.19 Å². The summed E-state index contributed by atoms with van der Waals surface area (Å²) in [5.74, 6) is 0.436. The van der Waals surface area contributed by atoms with Gasteiger partial charge in [0.25, 0.3) is 0 Å². The lowest BCUT2D eigenvalue weighted by molar-refractivity contribution is 0.859. The molecule has 1 nitrogen and oxygen atoms in total. The van der Waals surface area contributed by atoms with E-state index in [4.69, 9.17) is 0 Å². The molecule has 0 aliphatic carbocycles. The van der Waals surface area contributed by atoms with Gasteiger partial charge < -0.3 is 0 Å². The maximum atomic E-state index is 12.7. The highest BCUT2D eigenvalue weighted by Crippen LogP contribution is 2.32. The fourth-order valence-electron chi connectivity index (χ4n) is 2.61. The summed E-state index contributed by atoms with van der Waals surface area (Å²) >= 11 is 0. The predicted molar refractivity (Wildman–Crippen MR) is 127 cm³/mol. The summed E-state index contributed by atoms with van der Waals surface area (Å²) in [6.45, 7) is 24.3. The van der Waals surface area contributed by atoms with Crippen LogP contribution in [0.4, 0.5) is 0 Å². The lowest BCUT2D eigenvalue weighted by atomic mass is 9.96. The molecular weight excluding hydrogens is 335 g/mol. The molecule has 0 bridgehead atoms. The van der Waals surface area contributed by atoms with Gasteiger partial charge in [-0.1, -0.05) is 80.2 Å². The van der Waals surface area contributed by atoms with E-state index in [-0.39, 0.29) is 5.43 Å². The van der Waals surface area contributed by atoms with Gasteiger partial charge >= 0.3 is 0 Å². The SMILES string of the molecule is C=Cc1[pH]c2cc(C)c(C(C)C)cc2c(=O)c1/C=C\C.CC.CC.CC. The molecule has 0 fully saturated rings. The van der Waals surface area contributed by atoms with Gasteiger partial charge in [0.05, 0.1) is 0 Å². The Balaban J connectivity index is 0. The second-order valence-corrected chi connectivity index (χ2v) is 6.72. The van der Waals surface area contributed by atoms with Crippen LogP contribution in [0.2, 0.25) is 0 Å². The monoisotopic (exact) mass is 374 g/mol. The molecule has 2 aromatic rings. The first-order chi connectivity index (χ1) is 12.5. The largest absolute Gasteiger partial charge is 0.289 e. The first kappa shape index (κ1) is 26.6. The second-order valence-electron chi connectivity index (χ2n) is 5.39. The van der Waals surface area contributed by atoms with Crippen LogP contribution in [0, 0.1) is 6.92 Å². The maximum Gasteiger partial charge on any atom is 0.194 e. The Morgan fingerprint density at radius 1 is 1.04 bits per heavy atom. The van der Waals surface area contributed by atoms with Crippen molar-refractivity contribution in [1.82, 2.24) is 0 Å². The normalized spacial score (nSPS) is 9.96. The van der Waals surface area contributed by atoms with Gasteiger partial charge in [-0.3, -0.25) is 4.79 Å². The summed E-state index contributed by atoms with van der Waals surface area (Å²) in [6, 6.07) is 4.27. The van der Waals surface area contributed by atoms with E-state index in [1.165, 1.54) is 11.1 Å². The van der Waals surface area contributed by atoms with E-state index in [0.29, 0.717) is 14.1 Å². The first-order valence-corrected chi connectivity index (χ1v) is 10.9. The summed E-state index contributed by atoms with van der Waals surface area (Å²) in [5.41, 5.74) is 3.47. The molecule has 2 rings (SSSR count). The van der Waals surface area contributed by atoms with Crippen LogP contribution in [0.15, 0.2) is 29.6 Å². The van der Waals surface area contributed by atoms with Gasteiger partial charge in [0.15, 0.2) is 5.43 Å². The summed E-state index contributed by atoms with van der Waals surface area (Å²) < 4.78 is 0. The number of allylic oxidation sites excluding steroid dienone is 1. The number of fused-ring (bicyclic) bond motifs is 1.